The van der Waals surface area contributed by atoms with Crippen molar-refractivity contribution >= 4 is 28.6 Å². The van der Waals surface area contributed by atoms with E-state index in [1.807, 2.05) is 6.07 Å². The van der Waals surface area contributed by atoms with Gasteiger partial charge in [0, 0.05) is 12.6 Å². The summed E-state index contributed by atoms with van der Waals surface area (Å²) in [6.07, 6.45) is 3.01. The van der Waals surface area contributed by atoms with Crippen LogP contribution in [0.4, 0.5) is 4.39 Å². The van der Waals surface area contributed by atoms with Gasteiger partial charge in [0.1, 0.15) is 11.9 Å². The molecule has 4 aromatic rings. The van der Waals surface area contributed by atoms with Crippen LogP contribution in [0.3, 0.4) is 0 Å². The highest BCUT2D eigenvalue weighted by Gasteiger charge is 2.24. The van der Waals surface area contributed by atoms with Gasteiger partial charge in [-0.25, -0.2) is 9.37 Å². The fraction of sp³-hybridized carbons (Fsp3) is 0.0909. The maximum atomic E-state index is 15.2. The Labute approximate surface area is 181 Å². The Morgan fingerprint density at radius 1 is 1.42 bits per heavy atom. The van der Waals surface area contributed by atoms with Crippen LogP contribution in [-0.2, 0) is 13.6 Å². The molecule has 0 aliphatic carbocycles. The van der Waals surface area contributed by atoms with Gasteiger partial charge in [0.25, 0.3) is 5.56 Å². The van der Waals surface area contributed by atoms with Crippen LogP contribution < -0.4 is 11.3 Å². The van der Waals surface area contributed by atoms with Gasteiger partial charge in [-0.2, -0.15) is 10.4 Å². The van der Waals surface area contributed by atoms with E-state index in [-0.39, 0.29) is 28.3 Å². The molecule has 0 saturated carbocycles. The third kappa shape index (κ3) is 3.30. The second kappa shape index (κ2) is 7.80. The predicted molar refractivity (Wildman–Crippen MR) is 118 cm³/mol. The number of rotatable bonds is 4. The van der Waals surface area contributed by atoms with Crippen LogP contribution in [0.1, 0.15) is 17.0 Å². The lowest BCUT2D eigenvalue weighted by atomic mass is 9.94. The Bertz CT molecular complexity index is 1460. The molecule has 2 aromatic carbocycles. The van der Waals surface area contributed by atoms with Crippen molar-refractivity contribution in [3.8, 4) is 28.5 Å². The summed E-state index contributed by atoms with van der Waals surface area (Å²) < 4.78 is 16.6. The molecule has 3 N–H and O–H groups in total. The van der Waals surface area contributed by atoms with Crippen molar-refractivity contribution in [2.75, 3.05) is 0 Å². The van der Waals surface area contributed by atoms with E-state index in [0.29, 0.717) is 39.1 Å². The number of nitrogens with one attached hydrogen (secondary N) is 1. The number of H-pyrrole nitrogens is 1. The van der Waals surface area contributed by atoms with Crippen molar-refractivity contribution in [1.29, 1.82) is 5.26 Å². The fourth-order valence-corrected chi connectivity index (χ4v) is 3.76. The fourth-order valence-electron chi connectivity index (χ4n) is 3.55. The number of nitrogens with two attached hydrogens (primary N) is 1. The number of aryl methyl sites for hydroxylation is 1. The minimum absolute atomic E-state index is 0.0292. The van der Waals surface area contributed by atoms with E-state index in [1.54, 1.807) is 31.4 Å². The molecule has 0 fully saturated rings. The third-order valence-electron chi connectivity index (χ3n) is 5.02. The Morgan fingerprint density at radius 3 is 2.87 bits per heavy atom. The van der Waals surface area contributed by atoms with E-state index in [4.69, 9.17) is 17.3 Å². The molecule has 31 heavy (non-hydrogen) atoms. The first-order valence-electron chi connectivity index (χ1n) is 9.19. The molecule has 0 atom stereocenters. The second-order valence-corrected chi connectivity index (χ2v) is 7.21. The number of aromatic amines is 1. The van der Waals surface area contributed by atoms with Gasteiger partial charge in [-0.05, 0) is 29.3 Å². The van der Waals surface area contributed by atoms with E-state index < -0.39 is 5.82 Å². The molecule has 0 saturated heterocycles. The van der Waals surface area contributed by atoms with Gasteiger partial charge in [-0.15, -0.1) is 0 Å². The molecule has 0 aliphatic heterocycles. The van der Waals surface area contributed by atoms with Crippen LogP contribution in [0.15, 0.2) is 41.8 Å². The highest BCUT2D eigenvalue weighted by molar-refractivity contribution is 6.31. The lowest BCUT2D eigenvalue weighted by Crippen LogP contribution is -2.14. The van der Waals surface area contributed by atoms with Crippen molar-refractivity contribution < 1.29 is 4.39 Å². The predicted octanol–water partition coefficient (Wildman–Crippen LogP) is 3.76. The van der Waals surface area contributed by atoms with Crippen LogP contribution in [-0.4, -0.2) is 19.7 Å². The monoisotopic (exact) mass is 434 g/mol. The Hall–Kier alpha value is -3.80. The van der Waals surface area contributed by atoms with Crippen molar-refractivity contribution in [2.45, 2.75) is 6.54 Å². The smallest absolute Gasteiger partial charge is 0.258 e. The molecule has 0 radical (unpaired) electrons. The first-order valence-corrected chi connectivity index (χ1v) is 9.57. The summed E-state index contributed by atoms with van der Waals surface area (Å²) >= 11 is 6.10. The highest BCUT2D eigenvalue weighted by Crippen LogP contribution is 2.39. The van der Waals surface area contributed by atoms with Gasteiger partial charge in [0.05, 0.1) is 45.5 Å². The zero-order chi connectivity index (χ0) is 22.3. The number of nitriles is 1. The number of hydrogen-bond acceptors (Lipinski definition) is 5. The quantitative estimate of drug-likeness (QED) is 0.507. The summed E-state index contributed by atoms with van der Waals surface area (Å²) in [7, 11) is 1.64. The lowest BCUT2D eigenvalue weighted by molar-refractivity contribution is 0.628. The van der Waals surface area contributed by atoms with Crippen LogP contribution >= 0.6 is 11.6 Å². The Morgan fingerprint density at radius 2 is 2.19 bits per heavy atom. The lowest BCUT2D eigenvalue weighted by Gasteiger charge is -2.13. The van der Waals surface area contributed by atoms with E-state index in [9.17, 15) is 10.1 Å². The first-order chi connectivity index (χ1) is 14.9. The van der Waals surface area contributed by atoms with Crippen LogP contribution in [0.25, 0.3) is 39.4 Å². The summed E-state index contributed by atoms with van der Waals surface area (Å²) in [5, 5.41) is 14.3. The molecule has 0 aliphatic rings. The topological polar surface area (TPSA) is 113 Å². The third-order valence-corrected chi connectivity index (χ3v) is 5.29. The molecule has 0 bridgehead atoms. The average molecular weight is 435 g/mol. The zero-order valence-corrected chi connectivity index (χ0v) is 17.2. The number of fused-ring (bicyclic) bond motifs is 1. The van der Waals surface area contributed by atoms with E-state index >= 15 is 4.39 Å². The first kappa shape index (κ1) is 20.5. The number of nitrogens with zero attached hydrogens (tertiary/aromatic N) is 4. The number of halogens is 2. The van der Waals surface area contributed by atoms with E-state index in [1.165, 1.54) is 16.8 Å². The maximum absolute atomic E-state index is 15.2. The van der Waals surface area contributed by atoms with Gasteiger partial charge < -0.3 is 10.7 Å². The number of aromatic nitrogens is 4. The van der Waals surface area contributed by atoms with Gasteiger partial charge in [0.15, 0.2) is 5.82 Å². The molecule has 7 nitrogen and oxygen atoms in total. The molecular formula is C22H16ClFN6O. The molecule has 2 aromatic heterocycles. The summed E-state index contributed by atoms with van der Waals surface area (Å²) in [4.78, 5) is 19.3. The van der Waals surface area contributed by atoms with Gasteiger partial charge in [0.2, 0.25) is 0 Å². The Kier molecular flexibility index (Phi) is 5.15. The molecule has 4 rings (SSSR count). The van der Waals surface area contributed by atoms with Gasteiger partial charge >= 0.3 is 0 Å². The van der Waals surface area contributed by atoms with Crippen molar-refractivity contribution in [2.24, 2.45) is 12.8 Å². The normalized spacial score (nSPS) is 10.9. The standard InChI is InChI=1S/C22H16ClFN6O/c1-3-11-6-16(23)20(24)19(14(11)8-25)21-15(10-27-30(21)2)12-4-5-13-17(7-12)28-18(9-26)29-22(13)31/h3-7,10H,1,9,26H2,2H3,(H,28,29,31). The highest BCUT2D eigenvalue weighted by atomic mass is 35.5. The molecule has 154 valence electrons. The van der Waals surface area contributed by atoms with E-state index in [2.05, 4.69) is 21.6 Å². The molecule has 0 amide bonds. The van der Waals surface area contributed by atoms with Gasteiger partial charge in [-0.3, -0.25) is 9.48 Å². The van der Waals surface area contributed by atoms with Crippen LogP contribution in [0.2, 0.25) is 5.02 Å². The average Bonchev–Trinajstić information content (AvgIpc) is 3.15. The summed E-state index contributed by atoms with van der Waals surface area (Å²) in [6, 6.07) is 8.45. The molecule has 0 unspecified atom stereocenters. The molecule has 2 heterocycles. The molecule has 9 heteroatoms. The molecule has 0 spiro atoms. The zero-order valence-electron chi connectivity index (χ0n) is 16.4. The minimum Gasteiger partial charge on any atom is -0.324 e. The van der Waals surface area contributed by atoms with Crippen molar-refractivity contribution in [1.82, 2.24) is 19.7 Å². The van der Waals surface area contributed by atoms with Gasteiger partial charge in [-0.1, -0.05) is 30.3 Å². The SMILES string of the molecule is C=Cc1cc(Cl)c(F)c(-c2c(-c3ccc4c(=O)[nH]c(CN)nc4c3)cnn2C)c1C#N. The summed E-state index contributed by atoms with van der Waals surface area (Å²) in [5.74, 6) is -0.376. The van der Waals surface area contributed by atoms with Crippen LogP contribution in [0.5, 0.6) is 0 Å². The second-order valence-electron chi connectivity index (χ2n) is 6.81. The van der Waals surface area contributed by atoms with Crippen molar-refractivity contribution in [3.63, 3.8) is 0 Å². The maximum Gasteiger partial charge on any atom is 0.258 e. The van der Waals surface area contributed by atoms with Crippen LogP contribution in [0, 0.1) is 17.1 Å². The largest absolute Gasteiger partial charge is 0.324 e. The number of benzene rings is 2. The summed E-state index contributed by atoms with van der Waals surface area (Å²) in [5.41, 5.74) is 7.85. The number of hydrogen-bond donors (Lipinski definition) is 2. The molecular weight excluding hydrogens is 419 g/mol. The van der Waals surface area contributed by atoms with Crippen molar-refractivity contribution in [3.05, 3.63) is 75.2 Å². The minimum atomic E-state index is -0.727. The Balaban J connectivity index is 2.03. The van der Waals surface area contributed by atoms with E-state index in [0.717, 1.165) is 0 Å². The summed E-state index contributed by atoms with van der Waals surface area (Å²) in [6.45, 7) is 3.77.